The first-order valence-corrected chi connectivity index (χ1v) is 33.6. The van der Waals surface area contributed by atoms with Crippen LogP contribution in [0.3, 0.4) is 0 Å². The van der Waals surface area contributed by atoms with Crippen LogP contribution in [0, 0.1) is 0 Å². The zero-order valence-electron chi connectivity index (χ0n) is 54.2. The quantitative estimate of drug-likeness (QED) is 0.0705. The molecule has 0 N–H and O–H groups in total. The van der Waals surface area contributed by atoms with Crippen LogP contribution < -0.4 is 25.6 Å². The van der Waals surface area contributed by atoms with Crippen molar-refractivity contribution in [3.05, 3.63) is 256 Å². The van der Waals surface area contributed by atoms with Crippen molar-refractivity contribution in [1.29, 1.82) is 0 Å². The van der Waals surface area contributed by atoms with Gasteiger partial charge in [0.2, 0.25) is 0 Å². The largest absolute Gasteiger partial charge is 0.494 e. The number of halogens is 2. The van der Waals surface area contributed by atoms with Crippen LogP contribution in [-0.2, 0) is 37.9 Å². The van der Waals surface area contributed by atoms with Crippen LogP contribution in [0.5, 0.6) is 0 Å². The first kappa shape index (κ1) is 66.7. The molecule has 0 atom stereocenters. The minimum absolute atomic E-state index is 0.374. The number of unbranched alkanes of at least 4 members (excludes halogenated alkanes) is 3. The maximum atomic E-state index is 6.30. The monoisotopic (exact) mass is 1310 g/mol. The second-order valence-electron chi connectivity index (χ2n) is 25.3. The molecule has 11 heteroatoms. The fourth-order valence-corrected chi connectivity index (χ4v) is 11.3. The van der Waals surface area contributed by atoms with Crippen molar-refractivity contribution in [2.75, 3.05) is 14.7 Å². The molecule has 0 saturated carbocycles. The summed E-state index contributed by atoms with van der Waals surface area (Å²) in [5.41, 5.74) is 15.0. The van der Waals surface area contributed by atoms with Crippen LogP contribution in [0.2, 0.25) is 0 Å². The maximum Gasteiger partial charge on any atom is 0.494 e. The van der Waals surface area contributed by atoms with Crippen molar-refractivity contribution in [2.45, 2.75) is 156 Å². The van der Waals surface area contributed by atoms with E-state index in [2.05, 4.69) is 353 Å². The average Bonchev–Trinajstić information content (AvgIpc) is 2.16. The topological polar surface area (TPSA) is 46.6 Å². The number of rotatable bonds is 20. The average molecular weight is 1310 g/mol. The summed E-state index contributed by atoms with van der Waals surface area (Å²) in [7, 11) is -0.779. The minimum Gasteiger partial charge on any atom is -0.399 e. The second-order valence-corrected chi connectivity index (χ2v) is 27.1. The molecule has 9 aromatic rings. The molecule has 7 nitrogen and oxygen atoms in total. The fourth-order valence-electron chi connectivity index (χ4n) is 10.8. The first-order chi connectivity index (χ1) is 42.8. The highest BCUT2D eigenvalue weighted by Crippen LogP contribution is 2.41. The molecule has 0 radical (unpaired) electrons. The summed E-state index contributed by atoms with van der Waals surface area (Å²) in [6.45, 7) is 23.4. The van der Waals surface area contributed by atoms with E-state index in [9.17, 15) is 0 Å². The van der Waals surface area contributed by atoms with E-state index in [1.54, 1.807) is 0 Å². The highest BCUT2D eigenvalue weighted by Gasteiger charge is 2.53. The van der Waals surface area contributed by atoms with E-state index in [0.29, 0.717) is 0 Å². The van der Waals surface area contributed by atoms with Crippen molar-refractivity contribution in [3.63, 3.8) is 0 Å². The van der Waals surface area contributed by atoms with Gasteiger partial charge in [-0.15, -0.1) is 0 Å². The Bertz CT molecular complexity index is 3390. The molecule has 460 valence electrons. The molecule has 9 aromatic carbocycles. The molecule has 2 fully saturated rings. The van der Waals surface area contributed by atoms with Gasteiger partial charge in [0.1, 0.15) is 0 Å². The third-order valence-electron chi connectivity index (χ3n) is 17.6. The third kappa shape index (κ3) is 17.0. The zero-order valence-corrected chi connectivity index (χ0v) is 57.4. The molecule has 2 aliphatic rings. The van der Waals surface area contributed by atoms with Gasteiger partial charge in [-0.2, -0.15) is 0 Å². The van der Waals surface area contributed by atoms with E-state index < -0.39 is 0 Å². The minimum atomic E-state index is -0.389. The van der Waals surface area contributed by atoms with E-state index in [4.69, 9.17) is 18.6 Å². The number of hydrogen-bond donors (Lipinski definition) is 0. The summed E-state index contributed by atoms with van der Waals surface area (Å²) in [6.07, 6.45) is 10.8. The first-order valence-electron chi connectivity index (χ1n) is 32.0. The van der Waals surface area contributed by atoms with Gasteiger partial charge in [0.25, 0.3) is 0 Å². The summed E-state index contributed by atoms with van der Waals surface area (Å²) < 4.78 is 27.4. The molecule has 0 bridgehead atoms. The standard InChI is InChI=1S/C34H45B2NO4.C22H21Br2N.C22H23N/c1-10-11-12-25-13-19-28(20-14-25)37(29-21-15-26(16-22-29)35-38-31(2,3)32(4,5)39-35)30-23-17-27(18-24-30)36-40-33(6,7)34(8,9)41-36;1-2-3-4-17-5-11-20(12-6-17)25(21-13-7-18(23)8-14-21)22-15-9-19(24)10-16-22;1-2-3-10-19-15-17-22(18-16-19)23(20-11-6-4-7-12-20)21-13-8-5-9-14-21/h13-24H,10-12H2,1-9H3;5-16H,2-4H2,1H3;4-9,11-18H,2-3,10H2,1H3. The van der Waals surface area contributed by atoms with E-state index in [0.717, 1.165) is 67.6 Å². The number of benzene rings is 9. The van der Waals surface area contributed by atoms with E-state index in [1.807, 2.05) is 0 Å². The Kier molecular flexibility index (Phi) is 22.8. The van der Waals surface area contributed by atoms with Gasteiger partial charge in [-0.25, -0.2) is 0 Å². The maximum absolute atomic E-state index is 6.30. The molecule has 11 rings (SSSR count). The predicted octanol–water partition coefficient (Wildman–Crippen LogP) is 21.6. The molecule has 0 spiro atoms. The molecule has 0 aromatic heterocycles. The summed E-state index contributed by atoms with van der Waals surface area (Å²) in [6, 6.07) is 81.8. The number of aryl methyl sites for hydroxylation is 3. The molecular formula is C78H89B2Br2N3O4. The second kappa shape index (κ2) is 30.4. The van der Waals surface area contributed by atoms with Crippen LogP contribution in [0.4, 0.5) is 51.2 Å². The zero-order chi connectivity index (χ0) is 63.2. The fraction of sp³-hybridized carbons (Fsp3) is 0.308. The van der Waals surface area contributed by atoms with E-state index in [1.165, 1.54) is 78.0 Å². The van der Waals surface area contributed by atoms with Crippen molar-refractivity contribution in [1.82, 2.24) is 0 Å². The Labute approximate surface area is 550 Å². The molecule has 2 heterocycles. The SMILES string of the molecule is CCCCc1ccc(N(c2ccc(B3OC(C)(C)C(C)(C)O3)cc2)c2ccc(B3OC(C)(C)C(C)(C)O3)cc2)cc1.CCCCc1ccc(N(c2ccc(Br)cc2)c2ccc(Br)cc2)cc1.CCCCc1ccc(N(c2ccccc2)c2ccccc2)cc1. The summed E-state index contributed by atoms with van der Waals surface area (Å²) >= 11 is 7.05. The summed E-state index contributed by atoms with van der Waals surface area (Å²) in [4.78, 5) is 6.86. The number of anilines is 9. The Morgan fingerprint density at radius 2 is 0.483 bits per heavy atom. The van der Waals surface area contributed by atoms with Gasteiger partial charge < -0.3 is 33.3 Å². The van der Waals surface area contributed by atoms with Gasteiger partial charge in [0.05, 0.1) is 22.4 Å². The predicted molar refractivity (Wildman–Crippen MR) is 386 cm³/mol. The van der Waals surface area contributed by atoms with Gasteiger partial charge in [0, 0.05) is 60.1 Å². The molecule has 0 aliphatic carbocycles. The van der Waals surface area contributed by atoms with Gasteiger partial charge in [-0.1, -0.05) is 169 Å². The van der Waals surface area contributed by atoms with Crippen molar-refractivity contribution < 1.29 is 18.6 Å². The highest BCUT2D eigenvalue weighted by atomic mass is 79.9. The van der Waals surface area contributed by atoms with Crippen molar-refractivity contribution in [3.8, 4) is 0 Å². The number of nitrogens with zero attached hydrogens (tertiary/aromatic N) is 3. The Hall–Kier alpha value is -6.69. The molecular weight excluding hydrogens is 1220 g/mol. The lowest BCUT2D eigenvalue weighted by Gasteiger charge is -2.32. The van der Waals surface area contributed by atoms with Crippen LogP contribution in [0.1, 0.15) is 131 Å². The van der Waals surface area contributed by atoms with Crippen molar-refractivity contribution >= 4 is 108 Å². The smallest absolute Gasteiger partial charge is 0.399 e. The highest BCUT2D eigenvalue weighted by molar-refractivity contribution is 9.10. The van der Waals surface area contributed by atoms with Crippen LogP contribution in [-0.4, -0.2) is 36.6 Å². The summed E-state index contributed by atoms with van der Waals surface area (Å²) in [5.74, 6) is 0. The Morgan fingerprint density at radius 3 is 0.708 bits per heavy atom. The van der Waals surface area contributed by atoms with Gasteiger partial charge in [-0.3, -0.25) is 0 Å². The van der Waals surface area contributed by atoms with Gasteiger partial charge in [-0.05, 0) is 255 Å². The molecule has 0 amide bonds. The lowest BCUT2D eigenvalue weighted by atomic mass is 9.79. The third-order valence-corrected chi connectivity index (χ3v) is 18.6. The molecule has 2 saturated heterocycles. The molecule has 0 unspecified atom stereocenters. The van der Waals surface area contributed by atoms with Crippen LogP contribution >= 0.6 is 31.9 Å². The van der Waals surface area contributed by atoms with Gasteiger partial charge in [0.15, 0.2) is 0 Å². The van der Waals surface area contributed by atoms with E-state index in [-0.39, 0.29) is 36.6 Å². The lowest BCUT2D eigenvalue weighted by Crippen LogP contribution is -2.41. The molecule has 2 aliphatic heterocycles. The Morgan fingerprint density at radius 1 is 0.281 bits per heavy atom. The number of para-hydroxylation sites is 2. The molecule has 89 heavy (non-hydrogen) atoms. The normalized spacial score (nSPS) is 15.1. The summed E-state index contributed by atoms with van der Waals surface area (Å²) in [5, 5.41) is 0. The van der Waals surface area contributed by atoms with Gasteiger partial charge >= 0.3 is 14.2 Å². The number of hydrogen-bond acceptors (Lipinski definition) is 7. The van der Waals surface area contributed by atoms with Crippen LogP contribution in [0.25, 0.3) is 0 Å². The van der Waals surface area contributed by atoms with Crippen LogP contribution in [0.15, 0.2) is 239 Å². The Balaban J connectivity index is 0.000000169. The lowest BCUT2D eigenvalue weighted by molar-refractivity contribution is 0.00578. The van der Waals surface area contributed by atoms with E-state index >= 15 is 0 Å². The van der Waals surface area contributed by atoms with Crippen molar-refractivity contribution in [2.24, 2.45) is 0 Å².